The normalized spacial score (nSPS) is 19.8. The van der Waals surface area contributed by atoms with E-state index in [2.05, 4.69) is 11.6 Å². The summed E-state index contributed by atoms with van der Waals surface area (Å²) in [5.41, 5.74) is 2.90. The van der Waals surface area contributed by atoms with Crippen LogP contribution in [-0.4, -0.2) is 47.6 Å². The highest BCUT2D eigenvalue weighted by molar-refractivity contribution is 5.72. The van der Waals surface area contributed by atoms with E-state index in [1.54, 1.807) is 0 Å². The minimum atomic E-state index is -1.03. The van der Waals surface area contributed by atoms with Crippen LogP contribution in [0.3, 0.4) is 0 Å². The summed E-state index contributed by atoms with van der Waals surface area (Å²) in [4.78, 5) is 15.9. The lowest BCUT2D eigenvalue weighted by atomic mass is 9.95. The second kappa shape index (κ2) is 11.2. The number of aromatic nitrogens is 1. The fourth-order valence-corrected chi connectivity index (χ4v) is 3.66. The van der Waals surface area contributed by atoms with Crippen molar-refractivity contribution in [2.75, 3.05) is 13.2 Å². The van der Waals surface area contributed by atoms with Crippen molar-refractivity contribution >= 4 is 5.97 Å². The molecule has 0 radical (unpaired) electrons. The number of aliphatic carboxylic acids is 1. The van der Waals surface area contributed by atoms with Gasteiger partial charge in [0.05, 0.1) is 32.0 Å². The van der Waals surface area contributed by atoms with Gasteiger partial charge in [0, 0.05) is 5.56 Å². The molecule has 1 fully saturated rings. The van der Waals surface area contributed by atoms with Crippen molar-refractivity contribution in [2.45, 2.75) is 64.4 Å². The summed E-state index contributed by atoms with van der Waals surface area (Å²) in [6, 6.07) is 8.05. The highest BCUT2D eigenvalue weighted by atomic mass is 16.6. The predicted molar refractivity (Wildman–Crippen MR) is 116 cm³/mol. The van der Waals surface area contributed by atoms with E-state index in [9.17, 15) is 9.90 Å². The Morgan fingerprint density at radius 2 is 2.10 bits per heavy atom. The van der Waals surface area contributed by atoms with E-state index in [-0.39, 0.29) is 25.4 Å². The van der Waals surface area contributed by atoms with E-state index in [4.69, 9.17) is 18.6 Å². The molecular weight excluding hydrogens is 398 g/mol. The van der Waals surface area contributed by atoms with E-state index in [0.717, 1.165) is 48.3 Å². The lowest BCUT2D eigenvalue weighted by molar-refractivity contribution is -0.156. The average molecular weight is 430 g/mol. The molecule has 0 spiro atoms. The van der Waals surface area contributed by atoms with Gasteiger partial charge in [-0.25, -0.2) is 9.78 Å². The summed E-state index contributed by atoms with van der Waals surface area (Å²) in [7, 11) is 0. The summed E-state index contributed by atoms with van der Waals surface area (Å²) in [6.07, 6.45) is 4.03. The minimum absolute atomic E-state index is 0.0167. The fourth-order valence-electron chi connectivity index (χ4n) is 3.66. The SMILES string of the molecule is C=CCOC(CO[C@@H]1CCC[C@H](OCc2nc(-c3cccc(C)c3)oc2C)C1)C(=O)O. The van der Waals surface area contributed by atoms with Gasteiger partial charge in [0.2, 0.25) is 5.89 Å². The van der Waals surface area contributed by atoms with E-state index in [1.165, 1.54) is 6.08 Å². The van der Waals surface area contributed by atoms with Gasteiger partial charge in [-0.05, 0) is 51.7 Å². The van der Waals surface area contributed by atoms with Crippen molar-refractivity contribution in [1.82, 2.24) is 4.98 Å². The molecule has 0 bridgehead atoms. The van der Waals surface area contributed by atoms with Gasteiger partial charge in [-0.15, -0.1) is 6.58 Å². The molecule has 3 rings (SSSR count). The van der Waals surface area contributed by atoms with E-state index < -0.39 is 12.1 Å². The number of rotatable bonds is 11. The van der Waals surface area contributed by atoms with Gasteiger partial charge in [0.1, 0.15) is 11.5 Å². The van der Waals surface area contributed by atoms with Crippen LogP contribution in [0.25, 0.3) is 11.5 Å². The van der Waals surface area contributed by atoms with Crippen LogP contribution in [0.4, 0.5) is 0 Å². The molecule has 1 N–H and O–H groups in total. The Bertz CT molecular complexity index is 877. The fraction of sp³-hybridized carbons (Fsp3) is 0.500. The van der Waals surface area contributed by atoms with Gasteiger partial charge in [-0.3, -0.25) is 0 Å². The number of benzene rings is 1. The number of hydrogen-bond acceptors (Lipinski definition) is 6. The van der Waals surface area contributed by atoms with Gasteiger partial charge in [0.25, 0.3) is 0 Å². The maximum atomic E-state index is 11.3. The standard InChI is InChI=1S/C24H31NO6/c1-4-11-28-22(24(26)27)15-30-20-10-6-9-19(13-20)29-14-21-17(3)31-23(25-21)18-8-5-7-16(2)12-18/h4-5,7-8,12,19-20,22H,1,6,9-11,13-15H2,2-3H3,(H,26,27)/t19-,20+,22?/m0/s1. The molecule has 0 saturated heterocycles. The van der Waals surface area contributed by atoms with E-state index in [0.29, 0.717) is 12.5 Å². The van der Waals surface area contributed by atoms with E-state index >= 15 is 0 Å². The summed E-state index contributed by atoms with van der Waals surface area (Å²) >= 11 is 0. The van der Waals surface area contributed by atoms with Crippen LogP contribution >= 0.6 is 0 Å². The van der Waals surface area contributed by atoms with Crippen LogP contribution in [0.2, 0.25) is 0 Å². The first-order valence-electron chi connectivity index (χ1n) is 10.7. The van der Waals surface area contributed by atoms with Gasteiger partial charge in [-0.2, -0.15) is 0 Å². The van der Waals surface area contributed by atoms with Crippen LogP contribution in [0, 0.1) is 13.8 Å². The molecule has 0 amide bonds. The summed E-state index contributed by atoms with van der Waals surface area (Å²) < 4.78 is 23.0. The van der Waals surface area contributed by atoms with Crippen molar-refractivity contribution in [3.05, 3.63) is 53.9 Å². The number of carbonyl (C=O) groups is 1. The number of aryl methyl sites for hydroxylation is 2. The monoisotopic (exact) mass is 429 g/mol. The van der Waals surface area contributed by atoms with Gasteiger partial charge >= 0.3 is 5.97 Å². The van der Waals surface area contributed by atoms with Crippen molar-refractivity contribution in [1.29, 1.82) is 0 Å². The second-order valence-corrected chi connectivity index (χ2v) is 7.90. The van der Waals surface area contributed by atoms with Crippen molar-refractivity contribution < 1.29 is 28.5 Å². The van der Waals surface area contributed by atoms with Gasteiger partial charge in [0.15, 0.2) is 6.10 Å². The number of ether oxygens (including phenoxy) is 3. The molecule has 1 aliphatic rings. The molecule has 31 heavy (non-hydrogen) atoms. The number of carboxylic acids is 1. The molecule has 168 valence electrons. The first-order valence-corrected chi connectivity index (χ1v) is 10.7. The summed E-state index contributed by atoms with van der Waals surface area (Å²) in [5.74, 6) is 0.323. The Kier molecular flexibility index (Phi) is 8.40. The van der Waals surface area contributed by atoms with Crippen molar-refractivity contribution in [3.8, 4) is 11.5 Å². The molecule has 0 aliphatic heterocycles. The minimum Gasteiger partial charge on any atom is -0.479 e. The Morgan fingerprint density at radius 3 is 2.81 bits per heavy atom. The lowest BCUT2D eigenvalue weighted by Gasteiger charge is -2.29. The van der Waals surface area contributed by atoms with Crippen LogP contribution in [0.1, 0.15) is 42.7 Å². The zero-order chi connectivity index (χ0) is 22.2. The van der Waals surface area contributed by atoms with Gasteiger partial charge < -0.3 is 23.7 Å². The second-order valence-electron chi connectivity index (χ2n) is 7.90. The third kappa shape index (κ3) is 6.75. The zero-order valence-corrected chi connectivity index (χ0v) is 18.2. The molecule has 1 aromatic carbocycles. The molecule has 1 aliphatic carbocycles. The highest BCUT2D eigenvalue weighted by Gasteiger charge is 2.26. The molecule has 7 heteroatoms. The molecule has 3 atom stereocenters. The average Bonchev–Trinajstić information content (AvgIpc) is 3.13. The maximum absolute atomic E-state index is 11.3. The topological polar surface area (TPSA) is 91.0 Å². The molecule has 2 aromatic rings. The third-order valence-corrected chi connectivity index (χ3v) is 5.37. The smallest absolute Gasteiger partial charge is 0.335 e. The number of nitrogens with zero attached hydrogens (tertiary/aromatic N) is 1. The molecule has 1 unspecified atom stereocenters. The number of carboxylic acid groups (broad SMARTS) is 1. The summed E-state index contributed by atoms with van der Waals surface area (Å²) in [6.45, 7) is 8.04. The van der Waals surface area contributed by atoms with Crippen LogP contribution < -0.4 is 0 Å². The Balaban J connectivity index is 1.51. The molecule has 1 saturated carbocycles. The van der Waals surface area contributed by atoms with E-state index in [1.807, 2.05) is 38.1 Å². The van der Waals surface area contributed by atoms with Crippen molar-refractivity contribution in [3.63, 3.8) is 0 Å². The third-order valence-electron chi connectivity index (χ3n) is 5.37. The van der Waals surface area contributed by atoms with Crippen LogP contribution in [-0.2, 0) is 25.6 Å². The molecule has 1 heterocycles. The van der Waals surface area contributed by atoms with Crippen LogP contribution in [0.5, 0.6) is 0 Å². The van der Waals surface area contributed by atoms with Gasteiger partial charge in [-0.1, -0.05) is 23.8 Å². The van der Waals surface area contributed by atoms with Crippen molar-refractivity contribution in [2.24, 2.45) is 0 Å². The predicted octanol–water partition coefficient (Wildman–Crippen LogP) is 4.46. The Hall–Kier alpha value is -2.48. The zero-order valence-electron chi connectivity index (χ0n) is 18.2. The number of oxazole rings is 1. The lowest BCUT2D eigenvalue weighted by Crippen LogP contribution is -2.34. The largest absolute Gasteiger partial charge is 0.479 e. The first-order chi connectivity index (χ1) is 15.0. The Labute approximate surface area is 183 Å². The quantitative estimate of drug-likeness (QED) is 0.527. The molecular formula is C24H31NO6. The first kappa shape index (κ1) is 23.2. The maximum Gasteiger partial charge on any atom is 0.335 e. The Morgan fingerprint density at radius 1 is 1.32 bits per heavy atom. The van der Waals surface area contributed by atoms with Crippen LogP contribution in [0.15, 0.2) is 41.3 Å². The molecule has 1 aromatic heterocycles. The molecule has 7 nitrogen and oxygen atoms in total. The summed E-state index contributed by atoms with van der Waals surface area (Å²) in [5, 5.41) is 9.24. The number of hydrogen-bond donors (Lipinski definition) is 1. The highest BCUT2D eigenvalue weighted by Crippen LogP contribution is 2.27.